The van der Waals surface area contributed by atoms with Crippen LogP contribution in [0.15, 0.2) is 42.5 Å². The van der Waals surface area contributed by atoms with Crippen LogP contribution in [0.25, 0.3) is 10.9 Å². The molecule has 0 spiro atoms. The van der Waals surface area contributed by atoms with E-state index in [9.17, 15) is 9.90 Å². The molecule has 0 bridgehead atoms. The molecule has 2 N–H and O–H groups in total. The molecule has 120 valence electrons. The number of carbonyl (C=O) groups is 1. The van der Waals surface area contributed by atoms with E-state index in [1.54, 1.807) is 12.1 Å². The fraction of sp³-hybridized carbons (Fsp3) is 0.200. The molecule has 0 amide bonds. The summed E-state index contributed by atoms with van der Waals surface area (Å²) in [4.78, 5) is 16.3. The van der Waals surface area contributed by atoms with Gasteiger partial charge in [0.25, 0.3) is 0 Å². The molecule has 0 saturated heterocycles. The van der Waals surface area contributed by atoms with E-state index in [-0.39, 0.29) is 5.56 Å². The lowest BCUT2D eigenvalue weighted by atomic mass is 10.0. The number of aromatic nitrogens is 1. The van der Waals surface area contributed by atoms with Gasteiger partial charge >= 0.3 is 5.97 Å². The van der Waals surface area contributed by atoms with Crippen LogP contribution in [0.4, 0.5) is 11.4 Å². The maximum absolute atomic E-state index is 11.5. The van der Waals surface area contributed by atoms with Gasteiger partial charge in [0.05, 0.1) is 22.5 Å². The van der Waals surface area contributed by atoms with Gasteiger partial charge in [0.15, 0.2) is 0 Å². The zero-order valence-electron chi connectivity index (χ0n) is 13.5. The van der Waals surface area contributed by atoms with Gasteiger partial charge in [-0.3, -0.25) is 4.98 Å². The van der Waals surface area contributed by atoms with Gasteiger partial charge in [-0.2, -0.15) is 0 Å². The van der Waals surface area contributed by atoms with Gasteiger partial charge < -0.3 is 10.4 Å². The quantitative estimate of drug-likeness (QED) is 0.748. The predicted molar refractivity (Wildman–Crippen MR) is 95.2 cm³/mol. The summed E-state index contributed by atoms with van der Waals surface area (Å²) in [5.74, 6) is -0.927. The molecule has 1 aliphatic carbocycles. The average molecular weight is 318 g/mol. The SMILES string of the molecule is Cc1ccc2nc3c(c(Nc4ccccc4C(=O)O)c2c1)CCC3. The van der Waals surface area contributed by atoms with Crippen LogP contribution in [0.3, 0.4) is 0 Å². The van der Waals surface area contributed by atoms with E-state index in [1.165, 1.54) is 5.56 Å². The fourth-order valence-electron chi connectivity index (χ4n) is 3.43. The summed E-state index contributed by atoms with van der Waals surface area (Å²) >= 11 is 0. The van der Waals surface area contributed by atoms with E-state index in [0.29, 0.717) is 5.69 Å². The molecular weight excluding hydrogens is 300 g/mol. The van der Waals surface area contributed by atoms with Crippen LogP contribution < -0.4 is 5.32 Å². The lowest BCUT2D eigenvalue weighted by Gasteiger charge is -2.16. The van der Waals surface area contributed by atoms with Gasteiger partial charge in [0.1, 0.15) is 0 Å². The number of hydrogen-bond donors (Lipinski definition) is 2. The zero-order valence-corrected chi connectivity index (χ0v) is 13.5. The Hall–Kier alpha value is -2.88. The first-order valence-corrected chi connectivity index (χ1v) is 8.15. The van der Waals surface area contributed by atoms with Crippen LogP contribution in [0, 0.1) is 6.92 Å². The van der Waals surface area contributed by atoms with E-state index < -0.39 is 5.97 Å². The number of aryl methyl sites for hydroxylation is 2. The van der Waals surface area contributed by atoms with Gasteiger partial charge in [-0.1, -0.05) is 23.8 Å². The number of fused-ring (bicyclic) bond motifs is 2. The number of aromatic carboxylic acids is 1. The number of carboxylic acid groups (broad SMARTS) is 1. The Morgan fingerprint density at radius 2 is 2.00 bits per heavy atom. The minimum absolute atomic E-state index is 0.280. The number of nitrogens with zero attached hydrogens (tertiary/aromatic N) is 1. The van der Waals surface area contributed by atoms with Gasteiger partial charge in [-0.25, -0.2) is 4.79 Å². The molecule has 0 atom stereocenters. The van der Waals surface area contributed by atoms with Crippen molar-refractivity contribution in [3.05, 3.63) is 64.8 Å². The molecule has 1 heterocycles. The number of anilines is 2. The highest BCUT2D eigenvalue weighted by Crippen LogP contribution is 2.36. The highest BCUT2D eigenvalue weighted by molar-refractivity contribution is 6.00. The van der Waals surface area contributed by atoms with Crippen molar-refractivity contribution in [2.45, 2.75) is 26.2 Å². The van der Waals surface area contributed by atoms with Crippen molar-refractivity contribution in [2.75, 3.05) is 5.32 Å². The number of carboxylic acids is 1. The number of para-hydroxylation sites is 1. The van der Waals surface area contributed by atoms with Crippen molar-refractivity contribution in [3.8, 4) is 0 Å². The number of pyridine rings is 1. The van der Waals surface area contributed by atoms with Gasteiger partial charge in [0.2, 0.25) is 0 Å². The minimum Gasteiger partial charge on any atom is -0.478 e. The predicted octanol–water partition coefficient (Wildman–Crippen LogP) is 4.47. The Morgan fingerprint density at radius 3 is 2.83 bits per heavy atom. The molecular formula is C20H18N2O2. The lowest BCUT2D eigenvalue weighted by Crippen LogP contribution is -2.05. The molecule has 0 unspecified atom stereocenters. The van der Waals surface area contributed by atoms with Crippen LogP contribution in [0.1, 0.15) is 33.6 Å². The Morgan fingerprint density at radius 1 is 1.17 bits per heavy atom. The van der Waals surface area contributed by atoms with E-state index >= 15 is 0 Å². The van der Waals surface area contributed by atoms with Gasteiger partial charge in [-0.05, 0) is 56.0 Å². The maximum Gasteiger partial charge on any atom is 0.337 e. The molecule has 24 heavy (non-hydrogen) atoms. The molecule has 3 aromatic rings. The van der Waals surface area contributed by atoms with Crippen molar-refractivity contribution in [2.24, 2.45) is 0 Å². The van der Waals surface area contributed by atoms with Crippen molar-refractivity contribution in [3.63, 3.8) is 0 Å². The van der Waals surface area contributed by atoms with Crippen molar-refractivity contribution in [1.29, 1.82) is 0 Å². The molecule has 1 aromatic heterocycles. The monoisotopic (exact) mass is 318 g/mol. The number of hydrogen-bond acceptors (Lipinski definition) is 3. The highest BCUT2D eigenvalue weighted by Gasteiger charge is 2.21. The minimum atomic E-state index is -0.927. The summed E-state index contributed by atoms with van der Waals surface area (Å²) < 4.78 is 0. The second-order valence-electron chi connectivity index (χ2n) is 6.26. The first-order valence-electron chi connectivity index (χ1n) is 8.15. The van der Waals surface area contributed by atoms with Crippen LogP contribution in [-0.4, -0.2) is 16.1 Å². The van der Waals surface area contributed by atoms with Crippen molar-refractivity contribution in [1.82, 2.24) is 4.98 Å². The van der Waals surface area contributed by atoms with Crippen LogP contribution in [-0.2, 0) is 12.8 Å². The molecule has 4 rings (SSSR count). The third-order valence-corrected chi connectivity index (χ3v) is 4.58. The summed E-state index contributed by atoms with van der Waals surface area (Å²) in [6.07, 6.45) is 3.05. The maximum atomic E-state index is 11.5. The largest absolute Gasteiger partial charge is 0.478 e. The van der Waals surface area contributed by atoms with Gasteiger partial charge in [-0.15, -0.1) is 0 Å². The molecule has 1 aliphatic rings. The third-order valence-electron chi connectivity index (χ3n) is 4.58. The smallest absolute Gasteiger partial charge is 0.337 e. The normalized spacial score (nSPS) is 13.0. The second kappa shape index (κ2) is 5.64. The molecule has 2 aromatic carbocycles. The topological polar surface area (TPSA) is 62.2 Å². The molecule has 0 radical (unpaired) electrons. The van der Waals surface area contributed by atoms with Crippen LogP contribution in [0.2, 0.25) is 0 Å². The van der Waals surface area contributed by atoms with Crippen molar-refractivity contribution < 1.29 is 9.90 Å². The number of rotatable bonds is 3. The zero-order chi connectivity index (χ0) is 16.7. The lowest BCUT2D eigenvalue weighted by molar-refractivity contribution is 0.0698. The molecule has 0 fully saturated rings. The first kappa shape index (κ1) is 14.7. The fourth-order valence-corrected chi connectivity index (χ4v) is 3.43. The summed E-state index contributed by atoms with van der Waals surface area (Å²) in [5.41, 5.74) is 6.36. The summed E-state index contributed by atoms with van der Waals surface area (Å²) in [6.45, 7) is 2.06. The first-order chi connectivity index (χ1) is 11.6. The van der Waals surface area contributed by atoms with E-state index in [2.05, 4.69) is 24.4 Å². The summed E-state index contributed by atoms with van der Waals surface area (Å²) in [7, 11) is 0. The molecule has 0 saturated carbocycles. The van der Waals surface area contributed by atoms with Crippen LogP contribution >= 0.6 is 0 Å². The average Bonchev–Trinajstić information content (AvgIpc) is 3.03. The molecule has 4 heteroatoms. The Balaban J connectivity index is 1.93. The van der Waals surface area contributed by atoms with Crippen LogP contribution in [0.5, 0.6) is 0 Å². The summed E-state index contributed by atoms with van der Waals surface area (Å²) in [5, 5.41) is 13.9. The standard InChI is InChI=1S/C20H18N2O2/c1-12-9-10-18-15(11-12)19(13-6-4-8-16(13)21-18)22-17-7-3-2-5-14(17)20(23)24/h2-3,5,7,9-11H,4,6,8H2,1H3,(H,21,22)(H,23,24). The Bertz CT molecular complexity index is 963. The second-order valence-corrected chi connectivity index (χ2v) is 6.26. The van der Waals surface area contributed by atoms with E-state index in [4.69, 9.17) is 4.98 Å². The van der Waals surface area contributed by atoms with Crippen molar-refractivity contribution >= 4 is 28.2 Å². The third kappa shape index (κ3) is 2.40. The van der Waals surface area contributed by atoms with Gasteiger partial charge in [0, 0.05) is 11.1 Å². The molecule has 0 aliphatic heterocycles. The van der Waals surface area contributed by atoms with E-state index in [1.807, 2.05) is 18.2 Å². The van der Waals surface area contributed by atoms with E-state index in [0.717, 1.165) is 47.1 Å². The highest BCUT2D eigenvalue weighted by atomic mass is 16.4. The summed E-state index contributed by atoms with van der Waals surface area (Å²) in [6, 6.07) is 13.2. The molecule has 4 nitrogen and oxygen atoms in total. The number of nitrogens with one attached hydrogen (secondary N) is 1. The Kier molecular flexibility index (Phi) is 3.45. The number of benzene rings is 2. The Labute approximate surface area is 140 Å².